The molecule has 0 aliphatic heterocycles. The Hall–Kier alpha value is -1.55. The van der Waals surface area contributed by atoms with E-state index in [2.05, 4.69) is 6.07 Å². The Bertz CT molecular complexity index is 405. The predicted octanol–water partition coefficient (Wildman–Crippen LogP) is 1.35. The fraction of sp³-hybridized carbons (Fsp3) is 0.500. The molecule has 0 heterocycles. The van der Waals surface area contributed by atoms with Gasteiger partial charge in [0.15, 0.2) is 6.61 Å². The Kier molecular flexibility index (Phi) is 5.65. The maximum atomic E-state index is 11.7. The predicted molar refractivity (Wildman–Crippen MR) is 72.7 cm³/mol. The largest absolute Gasteiger partial charge is 0.483 e. The van der Waals surface area contributed by atoms with E-state index in [1.807, 2.05) is 26.0 Å². The fourth-order valence-electron chi connectivity index (χ4n) is 1.63. The summed E-state index contributed by atoms with van der Waals surface area (Å²) < 4.78 is 5.58. The molecule has 0 fully saturated rings. The number of nitrogens with zero attached hydrogens (tertiary/aromatic N) is 1. The molecule has 0 aromatic heterocycles. The first kappa shape index (κ1) is 14.5. The lowest BCUT2D eigenvalue weighted by Crippen LogP contribution is -2.31. The van der Waals surface area contributed by atoms with Crippen molar-refractivity contribution >= 4 is 5.91 Å². The molecule has 1 rings (SSSR count). The zero-order valence-electron chi connectivity index (χ0n) is 11.4. The Labute approximate surface area is 109 Å². The van der Waals surface area contributed by atoms with E-state index >= 15 is 0 Å². The number of benzene rings is 1. The normalized spacial score (nSPS) is 10.2. The smallest absolute Gasteiger partial charge is 0.260 e. The molecule has 4 nitrogen and oxygen atoms in total. The highest BCUT2D eigenvalue weighted by atomic mass is 16.5. The molecule has 0 aliphatic rings. The molecule has 0 aliphatic carbocycles. The fourth-order valence-corrected chi connectivity index (χ4v) is 1.63. The molecule has 0 atom stereocenters. The molecular formula is C14H22N2O2. The van der Waals surface area contributed by atoms with Gasteiger partial charge in [-0.05, 0) is 38.4 Å². The van der Waals surface area contributed by atoms with Crippen LogP contribution in [-0.4, -0.2) is 37.6 Å². The summed E-state index contributed by atoms with van der Waals surface area (Å²) in [5.41, 5.74) is 7.80. The highest BCUT2D eigenvalue weighted by Gasteiger charge is 2.09. The Morgan fingerprint density at radius 1 is 1.44 bits per heavy atom. The van der Waals surface area contributed by atoms with Crippen molar-refractivity contribution in [3.8, 4) is 5.75 Å². The van der Waals surface area contributed by atoms with Gasteiger partial charge >= 0.3 is 0 Å². The zero-order valence-corrected chi connectivity index (χ0v) is 11.4. The quantitative estimate of drug-likeness (QED) is 0.829. The zero-order chi connectivity index (χ0) is 13.5. The Morgan fingerprint density at radius 3 is 2.78 bits per heavy atom. The molecule has 0 spiro atoms. The molecule has 4 heteroatoms. The number of aryl methyl sites for hydroxylation is 1. The van der Waals surface area contributed by atoms with Crippen LogP contribution in [0, 0.1) is 6.92 Å². The molecule has 1 amide bonds. The van der Waals surface area contributed by atoms with Crippen LogP contribution in [0.1, 0.15) is 18.1 Å². The van der Waals surface area contributed by atoms with Gasteiger partial charge in [-0.1, -0.05) is 17.7 Å². The lowest BCUT2D eigenvalue weighted by molar-refractivity contribution is -0.131. The van der Waals surface area contributed by atoms with E-state index in [9.17, 15) is 4.79 Å². The maximum absolute atomic E-state index is 11.7. The second-order valence-electron chi connectivity index (χ2n) is 4.35. The van der Waals surface area contributed by atoms with Gasteiger partial charge in [0, 0.05) is 13.6 Å². The summed E-state index contributed by atoms with van der Waals surface area (Å²) in [4.78, 5) is 13.3. The third-order valence-electron chi connectivity index (χ3n) is 2.88. The minimum absolute atomic E-state index is 0.0169. The molecule has 1 aromatic carbocycles. The lowest BCUT2D eigenvalue weighted by Gasteiger charge is -2.16. The van der Waals surface area contributed by atoms with Gasteiger partial charge in [-0.2, -0.15) is 0 Å². The van der Waals surface area contributed by atoms with E-state index < -0.39 is 0 Å². The van der Waals surface area contributed by atoms with Crippen LogP contribution >= 0.6 is 0 Å². The molecule has 0 unspecified atom stereocenters. The van der Waals surface area contributed by atoms with E-state index in [4.69, 9.17) is 10.5 Å². The highest BCUT2D eigenvalue weighted by Crippen LogP contribution is 2.20. The van der Waals surface area contributed by atoms with Crippen molar-refractivity contribution < 1.29 is 9.53 Å². The number of hydrogen-bond donors (Lipinski definition) is 1. The first-order valence-electron chi connectivity index (χ1n) is 6.24. The molecule has 0 radical (unpaired) electrons. The standard InChI is InChI=1S/C14H22N2O2/c1-4-16(3)14(17)10-18-13-6-5-11(2)9-12(13)7-8-15/h5-6,9H,4,7-8,10,15H2,1-3H3. The summed E-state index contributed by atoms with van der Waals surface area (Å²) in [6.45, 7) is 5.29. The SMILES string of the molecule is CCN(C)C(=O)COc1ccc(C)cc1CCN. The molecule has 2 N–H and O–H groups in total. The third-order valence-corrected chi connectivity index (χ3v) is 2.88. The summed E-state index contributed by atoms with van der Waals surface area (Å²) in [6.07, 6.45) is 0.759. The van der Waals surface area contributed by atoms with E-state index in [-0.39, 0.29) is 12.5 Å². The van der Waals surface area contributed by atoms with Crippen molar-refractivity contribution in [3.05, 3.63) is 29.3 Å². The lowest BCUT2D eigenvalue weighted by atomic mass is 10.1. The highest BCUT2D eigenvalue weighted by molar-refractivity contribution is 5.77. The number of carbonyl (C=O) groups excluding carboxylic acids is 1. The summed E-state index contributed by atoms with van der Waals surface area (Å²) in [7, 11) is 1.77. The van der Waals surface area contributed by atoms with Crippen molar-refractivity contribution in [2.24, 2.45) is 5.73 Å². The second-order valence-corrected chi connectivity index (χ2v) is 4.35. The van der Waals surface area contributed by atoms with Crippen LogP contribution < -0.4 is 10.5 Å². The number of rotatable bonds is 6. The average Bonchev–Trinajstić information content (AvgIpc) is 2.37. The van der Waals surface area contributed by atoms with Crippen LogP contribution in [0.3, 0.4) is 0 Å². The van der Waals surface area contributed by atoms with Gasteiger partial charge in [-0.25, -0.2) is 0 Å². The van der Waals surface area contributed by atoms with Gasteiger partial charge in [-0.3, -0.25) is 4.79 Å². The van der Waals surface area contributed by atoms with Crippen LogP contribution in [0.4, 0.5) is 0 Å². The first-order valence-corrected chi connectivity index (χ1v) is 6.24. The third kappa shape index (κ3) is 4.04. The van der Waals surface area contributed by atoms with E-state index in [1.54, 1.807) is 11.9 Å². The number of likely N-dealkylation sites (N-methyl/N-ethyl adjacent to an activating group) is 1. The van der Waals surface area contributed by atoms with Crippen molar-refractivity contribution in [3.63, 3.8) is 0 Å². The maximum Gasteiger partial charge on any atom is 0.260 e. The monoisotopic (exact) mass is 250 g/mol. The minimum atomic E-state index is -0.0169. The van der Waals surface area contributed by atoms with E-state index in [0.29, 0.717) is 13.1 Å². The Balaban J connectivity index is 2.69. The molecule has 100 valence electrons. The minimum Gasteiger partial charge on any atom is -0.483 e. The van der Waals surface area contributed by atoms with E-state index in [1.165, 1.54) is 5.56 Å². The number of nitrogens with two attached hydrogens (primary N) is 1. The second kappa shape index (κ2) is 7.01. The van der Waals surface area contributed by atoms with Gasteiger partial charge in [0.1, 0.15) is 5.75 Å². The summed E-state index contributed by atoms with van der Waals surface area (Å²) in [5, 5.41) is 0. The molecule has 18 heavy (non-hydrogen) atoms. The van der Waals surface area contributed by atoms with Crippen LogP contribution in [0.25, 0.3) is 0 Å². The summed E-state index contributed by atoms with van der Waals surface area (Å²) in [6, 6.07) is 5.93. The number of ether oxygens (including phenoxy) is 1. The van der Waals surface area contributed by atoms with Crippen LogP contribution in [0.15, 0.2) is 18.2 Å². The van der Waals surface area contributed by atoms with Gasteiger partial charge in [0.25, 0.3) is 5.91 Å². The van der Waals surface area contributed by atoms with Crippen molar-refractivity contribution in [1.82, 2.24) is 4.90 Å². The van der Waals surface area contributed by atoms with Crippen LogP contribution in [0.2, 0.25) is 0 Å². The van der Waals surface area contributed by atoms with E-state index in [0.717, 1.165) is 17.7 Å². The number of carbonyl (C=O) groups is 1. The molecule has 1 aromatic rings. The van der Waals surface area contributed by atoms with Crippen molar-refractivity contribution in [2.75, 3.05) is 26.7 Å². The number of hydrogen-bond acceptors (Lipinski definition) is 3. The Morgan fingerprint density at radius 2 is 2.17 bits per heavy atom. The van der Waals surface area contributed by atoms with Gasteiger partial charge < -0.3 is 15.4 Å². The average molecular weight is 250 g/mol. The molecule has 0 bridgehead atoms. The number of amides is 1. The van der Waals surface area contributed by atoms with Crippen LogP contribution in [0.5, 0.6) is 5.75 Å². The van der Waals surface area contributed by atoms with Crippen molar-refractivity contribution in [1.29, 1.82) is 0 Å². The van der Waals surface area contributed by atoms with Gasteiger partial charge in [0.2, 0.25) is 0 Å². The van der Waals surface area contributed by atoms with Crippen LogP contribution in [-0.2, 0) is 11.2 Å². The summed E-state index contributed by atoms with van der Waals surface area (Å²) >= 11 is 0. The van der Waals surface area contributed by atoms with Gasteiger partial charge in [-0.15, -0.1) is 0 Å². The molecular weight excluding hydrogens is 228 g/mol. The molecule has 0 saturated heterocycles. The van der Waals surface area contributed by atoms with Gasteiger partial charge in [0.05, 0.1) is 0 Å². The van der Waals surface area contributed by atoms with Crippen molar-refractivity contribution in [2.45, 2.75) is 20.3 Å². The summed E-state index contributed by atoms with van der Waals surface area (Å²) in [5.74, 6) is 0.737. The topological polar surface area (TPSA) is 55.6 Å². The first-order chi connectivity index (χ1) is 8.58. The molecule has 0 saturated carbocycles.